The number of nitrogens with one attached hydrogen (secondary N) is 1. The molecule has 12 heavy (non-hydrogen) atoms. The number of nitrogens with two attached hydrogens (primary N) is 1. The monoisotopic (exact) mass is 168 g/mol. The number of rotatable bonds is 0. The lowest BCUT2D eigenvalue weighted by atomic mass is 9.67. The molecule has 1 aliphatic carbocycles. The fourth-order valence-corrected chi connectivity index (χ4v) is 2.91. The van der Waals surface area contributed by atoms with Crippen molar-refractivity contribution in [3.8, 4) is 0 Å². The molecule has 0 radical (unpaired) electrons. The second-order valence-electron chi connectivity index (χ2n) is 4.61. The van der Waals surface area contributed by atoms with E-state index in [0.29, 0.717) is 11.5 Å². The quantitative estimate of drug-likeness (QED) is 0.571. The minimum atomic E-state index is 0.497. The predicted molar refractivity (Wildman–Crippen MR) is 51.0 cm³/mol. The second kappa shape index (κ2) is 3.35. The molecule has 1 heterocycles. The molecule has 3 N–H and O–H groups in total. The van der Waals surface area contributed by atoms with Gasteiger partial charge in [-0.3, -0.25) is 0 Å². The molecule has 2 heteroatoms. The first-order valence-corrected chi connectivity index (χ1v) is 5.27. The molecule has 1 atom stereocenters. The van der Waals surface area contributed by atoms with Gasteiger partial charge in [-0.2, -0.15) is 0 Å². The van der Waals surface area contributed by atoms with Crippen LogP contribution in [0, 0.1) is 5.41 Å². The van der Waals surface area contributed by atoms with E-state index in [2.05, 4.69) is 5.32 Å². The fourth-order valence-electron chi connectivity index (χ4n) is 2.91. The van der Waals surface area contributed by atoms with E-state index in [4.69, 9.17) is 5.73 Å². The Morgan fingerprint density at radius 3 is 2.58 bits per heavy atom. The summed E-state index contributed by atoms with van der Waals surface area (Å²) >= 11 is 0. The van der Waals surface area contributed by atoms with Crippen molar-refractivity contribution in [2.75, 3.05) is 13.1 Å². The van der Waals surface area contributed by atoms with Crippen molar-refractivity contribution >= 4 is 0 Å². The highest BCUT2D eigenvalue weighted by atomic mass is 14.9. The summed E-state index contributed by atoms with van der Waals surface area (Å²) in [5.41, 5.74) is 6.66. The van der Waals surface area contributed by atoms with Crippen molar-refractivity contribution < 1.29 is 0 Å². The zero-order valence-electron chi connectivity index (χ0n) is 7.81. The Balaban J connectivity index is 1.97. The van der Waals surface area contributed by atoms with Crippen LogP contribution >= 0.6 is 0 Å². The molecule has 0 aromatic rings. The Hall–Kier alpha value is -0.0800. The SMILES string of the molecule is N[C@H]1CCCC2(CCNCC2)C1. The average Bonchev–Trinajstić information content (AvgIpc) is 2.05. The standard InChI is InChI=1S/C10H20N2/c11-9-2-1-3-10(8-9)4-6-12-7-5-10/h9,12H,1-8,11H2/t9-/m0/s1. The first-order chi connectivity index (χ1) is 5.81. The van der Waals surface area contributed by atoms with Crippen LogP contribution in [-0.4, -0.2) is 19.1 Å². The lowest BCUT2D eigenvalue weighted by Gasteiger charge is -2.43. The Labute approximate surface area is 74.9 Å². The molecule has 1 spiro atoms. The van der Waals surface area contributed by atoms with E-state index < -0.39 is 0 Å². The van der Waals surface area contributed by atoms with Crippen LogP contribution in [0.3, 0.4) is 0 Å². The summed E-state index contributed by atoms with van der Waals surface area (Å²) in [7, 11) is 0. The van der Waals surface area contributed by atoms with E-state index >= 15 is 0 Å². The zero-order chi connectivity index (χ0) is 8.44. The molecular formula is C10H20N2. The van der Waals surface area contributed by atoms with Crippen molar-refractivity contribution in [3.63, 3.8) is 0 Å². The summed E-state index contributed by atoms with van der Waals surface area (Å²) in [6.45, 7) is 2.43. The van der Waals surface area contributed by atoms with Crippen molar-refractivity contribution in [2.24, 2.45) is 11.1 Å². The lowest BCUT2D eigenvalue weighted by Crippen LogP contribution is -2.43. The Morgan fingerprint density at radius 1 is 1.17 bits per heavy atom. The summed E-state index contributed by atoms with van der Waals surface area (Å²) in [6.07, 6.45) is 8.06. The lowest BCUT2D eigenvalue weighted by molar-refractivity contribution is 0.121. The number of hydrogen-bond acceptors (Lipinski definition) is 2. The maximum Gasteiger partial charge on any atom is 0.00441 e. The van der Waals surface area contributed by atoms with Crippen molar-refractivity contribution in [3.05, 3.63) is 0 Å². The molecule has 0 bridgehead atoms. The molecule has 2 fully saturated rings. The Morgan fingerprint density at radius 2 is 1.92 bits per heavy atom. The van der Waals surface area contributed by atoms with Crippen LogP contribution in [0.2, 0.25) is 0 Å². The summed E-state index contributed by atoms with van der Waals surface area (Å²) in [5.74, 6) is 0. The third kappa shape index (κ3) is 1.64. The van der Waals surface area contributed by atoms with Gasteiger partial charge in [0.15, 0.2) is 0 Å². The highest BCUT2D eigenvalue weighted by molar-refractivity contribution is 4.91. The molecule has 1 aliphatic heterocycles. The minimum Gasteiger partial charge on any atom is -0.328 e. The topological polar surface area (TPSA) is 38.0 Å². The van der Waals surface area contributed by atoms with Crippen molar-refractivity contribution in [1.29, 1.82) is 0 Å². The first-order valence-electron chi connectivity index (χ1n) is 5.27. The van der Waals surface area contributed by atoms with Gasteiger partial charge in [0.1, 0.15) is 0 Å². The smallest absolute Gasteiger partial charge is 0.00441 e. The van der Waals surface area contributed by atoms with Gasteiger partial charge < -0.3 is 11.1 Å². The summed E-state index contributed by atoms with van der Waals surface area (Å²) in [4.78, 5) is 0. The maximum atomic E-state index is 6.02. The molecule has 1 saturated carbocycles. The van der Waals surface area contributed by atoms with E-state index in [9.17, 15) is 0 Å². The van der Waals surface area contributed by atoms with Crippen LogP contribution < -0.4 is 11.1 Å². The van der Waals surface area contributed by atoms with Gasteiger partial charge in [0.25, 0.3) is 0 Å². The van der Waals surface area contributed by atoms with Gasteiger partial charge in [-0.15, -0.1) is 0 Å². The minimum absolute atomic E-state index is 0.497. The van der Waals surface area contributed by atoms with Crippen LogP contribution in [0.5, 0.6) is 0 Å². The molecule has 0 unspecified atom stereocenters. The summed E-state index contributed by atoms with van der Waals surface area (Å²) in [6, 6.07) is 0.497. The molecule has 70 valence electrons. The predicted octanol–water partition coefficient (Wildman–Crippen LogP) is 1.26. The van der Waals surface area contributed by atoms with Gasteiger partial charge in [-0.25, -0.2) is 0 Å². The highest BCUT2D eigenvalue weighted by Crippen LogP contribution is 2.42. The average molecular weight is 168 g/mol. The summed E-state index contributed by atoms with van der Waals surface area (Å²) < 4.78 is 0. The zero-order valence-corrected chi connectivity index (χ0v) is 7.81. The van der Waals surface area contributed by atoms with E-state index in [-0.39, 0.29) is 0 Å². The third-order valence-electron chi connectivity index (χ3n) is 3.64. The van der Waals surface area contributed by atoms with Gasteiger partial charge in [-0.05, 0) is 50.6 Å². The Kier molecular flexibility index (Phi) is 2.37. The van der Waals surface area contributed by atoms with E-state index in [0.717, 1.165) is 0 Å². The number of hydrogen-bond donors (Lipinski definition) is 2. The normalized spacial score (nSPS) is 35.2. The molecule has 0 aromatic carbocycles. The van der Waals surface area contributed by atoms with Crippen LogP contribution in [-0.2, 0) is 0 Å². The molecule has 2 aliphatic rings. The second-order valence-corrected chi connectivity index (χ2v) is 4.61. The first kappa shape index (κ1) is 8.52. The van der Waals surface area contributed by atoms with Gasteiger partial charge in [0, 0.05) is 6.04 Å². The van der Waals surface area contributed by atoms with Crippen LogP contribution in [0.1, 0.15) is 38.5 Å². The fraction of sp³-hybridized carbons (Fsp3) is 1.00. The van der Waals surface area contributed by atoms with E-state index in [1.54, 1.807) is 0 Å². The molecule has 1 saturated heterocycles. The molecular weight excluding hydrogens is 148 g/mol. The van der Waals surface area contributed by atoms with E-state index in [1.807, 2.05) is 0 Å². The van der Waals surface area contributed by atoms with Gasteiger partial charge in [-0.1, -0.05) is 6.42 Å². The molecule has 0 amide bonds. The van der Waals surface area contributed by atoms with Gasteiger partial charge in [0.05, 0.1) is 0 Å². The van der Waals surface area contributed by atoms with Gasteiger partial charge in [0.2, 0.25) is 0 Å². The number of piperidine rings is 1. The summed E-state index contributed by atoms with van der Waals surface area (Å²) in [5, 5.41) is 3.43. The highest BCUT2D eigenvalue weighted by Gasteiger charge is 2.35. The van der Waals surface area contributed by atoms with Crippen LogP contribution in [0.25, 0.3) is 0 Å². The van der Waals surface area contributed by atoms with Crippen LogP contribution in [0.4, 0.5) is 0 Å². The maximum absolute atomic E-state index is 6.02. The van der Waals surface area contributed by atoms with Crippen LogP contribution in [0.15, 0.2) is 0 Å². The third-order valence-corrected chi connectivity index (χ3v) is 3.64. The van der Waals surface area contributed by atoms with Crippen molar-refractivity contribution in [1.82, 2.24) is 5.32 Å². The molecule has 0 aromatic heterocycles. The molecule has 2 nitrogen and oxygen atoms in total. The largest absolute Gasteiger partial charge is 0.328 e. The van der Waals surface area contributed by atoms with Crippen molar-refractivity contribution in [2.45, 2.75) is 44.6 Å². The van der Waals surface area contributed by atoms with E-state index in [1.165, 1.54) is 51.6 Å². The molecule has 2 rings (SSSR count). The van der Waals surface area contributed by atoms with Gasteiger partial charge >= 0.3 is 0 Å². The Bertz CT molecular complexity index is 144.